The maximum absolute atomic E-state index is 12.3. The summed E-state index contributed by atoms with van der Waals surface area (Å²) in [6.07, 6.45) is 7.69. The smallest absolute Gasteiger partial charge is 0.337 e. The van der Waals surface area contributed by atoms with Gasteiger partial charge in [-0.05, 0) is 38.0 Å². The first-order valence-corrected chi connectivity index (χ1v) is 13.6. The second-order valence-electron chi connectivity index (χ2n) is 9.70. The highest BCUT2D eigenvalue weighted by Gasteiger charge is 2.44. The van der Waals surface area contributed by atoms with Crippen LogP contribution in [-0.2, 0) is 18.7 Å². The quantitative estimate of drug-likeness (QED) is 0.239. The molecule has 1 aromatic rings. The van der Waals surface area contributed by atoms with Crippen molar-refractivity contribution in [2.45, 2.75) is 51.6 Å². The van der Waals surface area contributed by atoms with Gasteiger partial charge in [0.1, 0.15) is 0 Å². The standard InChI is InChI=1S/C24H31NO6Si/c1-24(2,3)32(5,6)31-23-21-17(10-7-16-8-12-18(13-9-16)25(27)28)11-14-19(21)20(15-30-23)22(26)29-4/h7-13,15,19,21,23H,14H2,1-6H3/q-1/b10-7+/t19-,21-,23?/m1/s1. The molecular weight excluding hydrogens is 426 g/mol. The van der Waals surface area contributed by atoms with Gasteiger partial charge in [-0.15, -0.1) is 18.1 Å². The zero-order valence-electron chi connectivity index (χ0n) is 19.5. The average molecular weight is 458 g/mol. The number of nitro benzene ring substituents is 1. The second kappa shape index (κ2) is 9.03. The van der Waals surface area contributed by atoms with E-state index in [4.69, 9.17) is 13.9 Å². The van der Waals surface area contributed by atoms with Crippen LogP contribution >= 0.6 is 0 Å². The maximum Gasteiger partial charge on any atom is 0.337 e. The number of rotatable bonds is 6. The number of esters is 1. The van der Waals surface area contributed by atoms with Gasteiger partial charge in [-0.2, -0.15) is 0 Å². The molecule has 1 unspecified atom stereocenters. The monoisotopic (exact) mass is 457 g/mol. The van der Waals surface area contributed by atoms with Crippen LogP contribution in [0.1, 0.15) is 32.8 Å². The molecule has 173 valence electrons. The molecule has 2 aliphatic rings. The van der Waals surface area contributed by atoms with E-state index in [1.165, 1.54) is 25.5 Å². The largest absolute Gasteiger partial charge is 0.533 e. The lowest BCUT2D eigenvalue weighted by molar-refractivity contribution is -0.384. The molecule has 0 fully saturated rings. The van der Waals surface area contributed by atoms with E-state index in [1.54, 1.807) is 12.1 Å². The first-order valence-electron chi connectivity index (χ1n) is 10.7. The number of allylic oxidation sites excluding steroid dienone is 2. The predicted octanol–water partition coefficient (Wildman–Crippen LogP) is 5.61. The fraction of sp³-hybridized carbons (Fsp3) is 0.458. The van der Waals surface area contributed by atoms with Crippen LogP contribution in [0.5, 0.6) is 0 Å². The van der Waals surface area contributed by atoms with Crippen LogP contribution in [0.2, 0.25) is 18.1 Å². The summed E-state index contributed by atoms with van der Waals surface area (Å²) in [7, 11) is -0.760. The third-order valence-corrected chi connectivity index (χ3v) is 11.1. The van der Waals surface area contributed by atoms with Crippen molar-refractivity contribution in [3.63, 3.8) is 0 Å². The van der Waals surface area contributed by atoms with Crippen molar-refractivity contribution in [3.8, 4) is 0 Å². The molecule has 0 amide bonds. The molecular formula is C24H31NO6Si-. The van der Waals surface area contributed by atoms with Crippen LogP contribution in [0.15, 0.2) is 53.8 Å². The third kappa shape index (κ3) is 4.86. The van der Waals surface area contributed by atoms with Crippen LogP contribution in [-0.4, -0.2) is 32.6 Å². The van der Waals surface area contributed by atoms with Crippen LogP contribution < -0.4 is 0 Å². The van der Waals surface area contributed by atoms with Gasteiger partial charge in [-0.3, -0.25) is 10.1 Å². The fourth-order valence-electron chi connectivity index (χ4n) is 3.72. The molecule has 32 heavy (non-hydrogen) atoms. The molecule has 0 aromatic heterocycles. The van der Waals surface area contributed by atoms with Crippen LogP contribution in [0.4, 0.5) is 5.69 Å². The molecule has 1 aromatic carbocycles. The highest BCUT2D eigenvalue weighted by atomic mass is 28.4. The summed E-state index contributed by atoms with van der Waals surface area (Å²) < 4.78 is 17.6. The molecule has 1 aliphatic heterocycles. The molecule has 0 bridgehead atoms. The zero-order valence-corrected chi connectivity index (χ0v) is 20.5. The van der Waals surface area contributed by atoms with Crippen LogP contribution in [0.3, 0.4) is 0 Å². The Morgan fingerprint density at radius 2 is 1.88 bits per heavy atom. The second-order valence-corrected chi connectivity index (χ2v) is 14.5. The zero-order chi connectivity index (χ0) is 23.7. The number of fused-ring (bicyclic) bond motifs is 1. The number of carbonyl (C=O) groups excluding carboxylic acids is 1. The Balaban J connectivity index is 1.88. The van der Waals surface area contributed by atoms with Gasteiger partial charge in [0.15, 0.2) is 6.29 Å². The Bertz CT molecular complexity index is 971. The minimum atomic E-state index is -2.13. The Morgan fingerprint density at radius 3 is 2.44 bits per heavy atom. The lowest BCUT2D eigenvalue weighted by Crippen LogP contribution is -2.48. The molecule has 0 N–H and O–H groups in total. The Kier molecular flexibility index (Phi) is 6.76. The van der Waals surface area contributed by atoms with E-state index in [2.05, 4.69) is 39.9 Å². The van der Waals surface area contributed by atoms with Crippen molar-refractivity contribution >= 4 is 26.1 Å². The highest BCUT2D eigenvalue weighted by molar-refractivity contribution is 6.74. The van der Waals surface area contributed by atoms with Crippen molar-refractivity contribution in [3.05, 3.63) is 69.5 Å². The molecule has 3 atom stereocenters. The molecule has 0 radical (unpaired) electrons. The van der Waals surface area contributed by atoms with Crippen molar-refractivity contribution in [2.75, 3.05) is 7.11 Å². The molecule has 0 saturated heterocycles. The summed E-state index contributed by atoms with van der Waals surface area (Å²) in [5.41, 5.74) is 2.44. The van der Waals surface area contributed by atoms with E-state index in [-0.39, 0.29) is 28.5 Å². The van der Waals surface area contributed by atoms with Crippen molar-refractivity contribution in [1.82, 2.24) is 0 Å². The van der Waals surface area contributed by atoms with Gasteiger partial charge >= 0.3 is 5.97 Å². The van der Waals surface area contributed by atoms with Crippen molar-refractivity contribution in [2.24, 2.45) is 11.8 Å². The summed E-state index contributed by atoms with van der Waals surface area (Å²) in [4.78, 5) is 22.8. The Hall–Kier alpha value is -2.71. The van der Waals surface area contributed by atoms with E-state index in [0.717, 1.165) is 11.1 Å². The molecule has 7 nitrogen and oxygen atoms in total. The maximum atomic E-state index is 12.3. The average Bonchev–Trinajstić information content (AvgIpc) is 3.15. The summed E-state index contributed by atoms with van der Waals surface area (Å²) in [5, 5.41) is 10.9. The molecule has 3 rings (SSSR count). The van der Waals surface area contributed by atoms with E-state index in [9.17, 15) is 14.9 Å². The van der Waals surface area contributed by atoms with Crippen molar-refractivity contribution in [1.29, 1.82) is 0 Å². The van der Waals surface area contributed by atoms with Gasteiger partial charge in [0.25, 0.3) is 5.69 Å². The highest BCUT2D eigenvalue weighted by Crippen LogP contribution is 2.47. The lowest BCUT2D eigenvalue weighted by Gasteiger charge is -2.52. The minimum absolute atomic E-state index is 0.00920. The Morgan fingerprint density at radius 1 is 1.22 bits per heavy atom. The van der Waals surface area contributed by atoms with E-state index >= 15 is 0 Å². The number of carbonyl (C=O) groups is 1. The third-order valence-electron chi connectivity index (χ3n) is 6.66. The fourth-order valence-corrected chi connectivity index (χ4v) is 4.86. The van der Waals surface area contributed by atoms with E-state index < -0.39 is 19.5 Å². The summed E-state index contributed by atoms with van der Waals surface area (Å²) in [6, 6.07) is 6.39. The summed E-state index contributed by atoms with van der Waals surface area (Å²) in [5.74, 6) is -0.611. The number of nitro groups is 1. The molecule has 1 aliphatic carbocycles. The number of benzene rings is 1. The number of nitrogens with zero attached hydrogens (tertiary/aromatic N) is 1. The lowest BCUT2D eigenvalue weighted by atomic mass is 9.83. The van der Waals surface area contributed by atoms with Gasteiger partial charge in [-0.25, -0.2) is 4.79 Å². The van der Waals surface area contributed by atoms with Gasteiger partial charge in [0.2, 0.25) is 0 Å². The molecule has 0 spiro atoms. The number of hydrogen-bond acceptors (Lipinski definition) is 6. The van der Waals surface area contributed by atoms with Gasteiger partial charge in [0, 0.05) is 18.1 Å². The van der Waals surface area contributed by atoms with Gasteiger partial charge in [0.05, 0.1) is 29.8 Å². The minimum Gasteiger partial charge on any atom is -0.533 e. The molecule has 1 heterocycles. The number of non-ortho nitro benzene ring substituents is 1. The first-order chi connectivity index (χ1) is 14.9. The van der Waals surface area contributed by atoms with E-state index in [0.29, 0.717) is 12.0 Å². The number of hydrogen-bond donors (Lipinski definition) is 0. The van der Waals surface area contributed by atoms with Crippen molar-refractivity contribution < 1.29 is 23.6 Å². The summed E-state index contributed by atoms with van der Waals surface area (Å²) in [6.45, 7) is 10.9. The van der Waals surface area contributed by atoms with Gasteiger partial charge < -0.3 is 13.9 Å². The first kappa shape index (κ1) is 23.9. The van der Waals surface area contributed by atoms with Gasteiger partial charge in [-0.1, -0.05) is 39.0 Å². The SMILES string of the molecule is COC(=O)C1=COC(O[Si-](C)(C)C(C)(C)C)[C@@H]2C(/C=C/c3ccc([N+](=O)[O-])cc3)=CC[C@H]12. The molecule has 0 saturated carbocycles. The van der Waals surface area contributed by atoms with Crippen LogP contribution in [0.25, 0.3) is 6.08 Å². The van der Waals surface area contributed by atoms with E-state index in [1.807, 2.05) is 12.2 Å². The topological polar surface area (TPSA) is 87.9 Å². The normalized spacial score (nSPS) is 23.2. The summed E-state index contributed by atoms with van der Waals surface area (Å²) >= 11 is 0. The van der Waals surface area contributed by atoms with Crippen LogP contribution in [0, 0.1) is 22.0 Å². The number of ether oxygens (including phenoxy) is 2. The number of methoxy groups -OCH3 is 1. The Labute approximate surface area is 190 Å². The predicted molar refractivity (Wildman–Crippen MR) is 125 cm³/mol. The molecule has 8 heteroatoms.